The molecule has 1 amide bonds. The summed E-state index contributed by atoms with van der Waals surface area (Å²) in [5.74, 6) is -1.15. The van der Waals surface area contributed by atoms with Gasteiger partial charge in [0, 0.05) is 26.7 Å². The van der Waals surface area contributed by atoms with Crippen molar-refractivity contribution in [2.45, 2.75) is 20.3 Å². The molecule has 0 radical (unpaired) electrons. The van der Waals surface area contributed by atoms with Crippen LogP contribution in [-0.2, 0) is 9.59 Å². The summed E-state index contributed by atoms with van der Waals surface area (Å²) in [5.41, 5.74) is 0.0113. The molecule has 7 heteroatoms. The SMILES string of the molecule is COc1nccc(N(C)C)c1NC(=O)CC(C)(C)C(=O)O. The molecule has 0 saturated heterocycles. The highest BCUT2D eigenvalue weighted by molar-refractivity contribution is 5.98. The van der Waals surface area contributed by atoms with E-state index in [2.05, 4.69) is 10.3 Å². The maximum atomic E-state index is 12.1. The van der Waals surface area contributed by atoms with E-state index in [9.17, 15) is 9.59 Å². The number of nitrogens with zero attached hydrogens (tertiary/aromatic N) is 2. The number of nitrogens with one attached hydrogen (secondary N) is 1. The first-order valence-electron chi connectivity index (χ1n) is 6.42. The predicted molar refractivity (Wildman–Crippen MR) is 79.8 cm³/mol. The average Bonchev–Trinajstić information content (AvgIpc) is 2.37. The van der Waals surface area contributed by atoms with E-state index < -0.39 is 17.3 Å². The van der Waals surface area contributed by atoms with Gasteiger partial charge in [0.25, 0.3) is 0 Å². The number of pyridine rings is 1. The minimum atomic E-state index is -1.14. The van der Waals surface area contributed by atoms with Gasteiger partial charge in [-0.05, 0) is 19.9 Å². The van der Waals surface area contributed by atoms with Gasteiger partial charge in [-0.1, -0.05) is 0 Å². The molecule has 0 atom stereocenters. The van der Waals surface area contributed by atoms with Crippen molar-refractivity contribution in [3.63, 3.8) is 0 Å². The number of ether oxygens (including phenoxy) is 1. The van der Waals surface area contributed by atoms with Gasteiger partial charge in [0.05, 0.1) is 18.2 Å². The topological polar surface area (TPSA) is 91.8 Å². The number of carboxylic acid groups (broad SMARTS) is 1. The third-order valence-electron chi connectivity index (χ3n) is 3.02. The van der Waals surface area contributed by atoms with Crippen LogP contribution in [0.5, 0.6) is 5.88 Å². The van der Waals surface area contributed by atoms with E-state index in [0.717, 1.165) is 5.69 Å². The van der Waals surface area contributed by atoms with Crippen LogP contribution < -0.4 is 15.0 Å². The normalized spacial score (nSPS) is 10.9. The van der Waals surface area contributed by atoms with Crippen molar-refractivity contribution in [2.24, 2.45) is 5.41 Å². The molecular formula is C14H21N3O4. The summed E-state index contributed by atoms with van der Waals surface area (Å²) in [6.45, 7) is 3.00. The Hall–Kier alpha value is -2.31. The second-order valence-electron chi connectivity index (χ2n) is 5.52. The van der Waals surface area contributed by atoms with Crippen LogP contribution in [0.2, 0.25) is 0 Å². The zero-order valence-electron chi connectivity index (χ0n) is 12.9. The first kappa shape index (κ1) is 16.7. The van der Waals surface area contributed by atoms with Crippen LogP contribution >= 0.6 is 0 Å². The number of carboxylic acids is 1. The Kier molecular flexibility index (Phi) is 5.12. The molecule has 0 aliphatic carbocycles. The number of hydrogen-bond donors (Lipinski definition) is 2. The lowest BCUT2D eigenvalue weighted by Gasteiger charge is -2.22. The van der Waals surface area contributed by atoms with Crippen LogP contribution in [0.4, 0.5) is 11.4 Å². The van der Waals surface area contributed by atoms with Crippen molar-refractivity contribution in [3.05, 3.63) is 12.3 Å². The lowest BCUT2D eigenvalue weighted by molar-refractivity contribution is -0.148. The molecule has 0 spiro atoms. The zero-order valence-corrected chi connectivity index (χ0v) is 12.9. The fourth-order valence-corrected chi connectivity index (χ4v) is 1.74. The molecular weight excluding hydrogens is 274 g/mol. The molecule has 0 aliphatic rings. The van der Waals surface area contributed by atoms with Crippen molar-refractivity contribution >= 4 is 23.3 Å². The third kappa shape index (κ3) is 4.08. The van der Waals surface area contributed by atoms with Crippen molar-refractivity contribution < 1.29 is 19.4 Å². The van der Waals surface area contributed by atoms with Crippen LogP contribution in [0.3, 0.4) is 0 Å². The van der Waals surface area contributed by atoms with E-state index in [-0.39, 0.29) is 12.3 Å². The van der Waals surface area contributed by atoms with E-state index in [1.165, 1.54) is 21.0 Å². The van der Waals surface area contributed by atoms with Crippen LogP contribution in [-0.4, -0.2) is 43.2 Å². The number of aliphatic carboxylic acids is 1. The molecule has 0 saturated carbocycles. The Morgan fingerprint density at radius 1 is 1.43 bits per heavy atom. The average molecular weight is 295 g/mol. The number of hydrogen-bond acceptors (Lipinski definition) is 5. The molecule has 116 valence electrons. The Morgan fingerprint density at radius 3 is 2.52 bits per heavy atom. The number of methoxy groups -OCH3 is 1. The fourth-order valence-electron chi connectivity index (χ4n) is 1.74. The van der Waals surface area contributed by atoms with Crippen molar-refractivity contribution in [3.8, 4) is 5.88 Å². The van der Waals surface area contributed by atoms with E-state index in [1.807, 2.05) is 19.0 Å². The smallest absolute Gasteiger partial charge is 0.309 e. The minimum Gasteiger partial charge on any atom is -0.481 e. The molecule has 2 N–H and O–H groups in total. The molecule has 0 unspecified atom stereocenters. The largest absolute Gasteiger partial charge is 0.481 e. The monoisotopic (exact) mass is 295 g/mol. The Balaban J connectivity index is 3.02. The van der Waals surface area contributed by atoms with Crippen molar-refractivity contribution in [1.29, 1.82) is 0 Å². The predicted octanol–water partition coefficient (Wildman–Crippen LogP) is 1.60. The molecule has 0 bridgehead atoms. The quantitative estimate of drug-likeness (QED) is 0.828. The molecule has 0 aliphatic heterocycles. The first-order chi connectivity index (χ1) is 9.69. The highest BCUT2D eigenvalue weighted by atomic mass is 16.5. The van der Waals surface area contributed by atoms with E-state index in [0.29, 0.717) is 5.69 Å². The van der Waals surface area contributed by atoms with Gasteiger partial charge >= 0.3 is 5.97 Å². The summed E-state index contributed by atoms with van der Waals surface area (Å²) in [6, 6.07) is 1.74. The van der Waals surface area contributed by atoms with Gasteiger partial charge in [0.2, 0.25) is 11.8 Å². The Morgan fingerprint density at radius 2 is 2.05 bits per heavy atom. The standard InChI is InChI=1S/C14H21N3O4/c1-14(2,13(19)20)8-10(18)16-11-9(17(3)4)6-7-15-12(11)21-5/h6-7H,8H2,1-5H3,(H,16,18)(H,19,20). The van der Waals surface area contributed by atoms with E-state index >= 15 is 0 Å². The minimum absolute atomic E-state index is 0.146. The molecule has 0 fully saturated rings. The van der Waals surface area contributed by atoms with Crippen molar-refractivity contribution in [1.82, 2.24) is 4.98 Å². The summed E-state index contributed by atoms with van der Waals surface area (Å²) < 4.78 is 5.15. The molecule has 1 heterocycles. The number of anilines is 2. The maximum Gasteiger partial charge on any atom is 0.309 e. The van der Waals surface area contributed by atoms with Gasteiger partial charge in [0.15, 0.2) is 0 Å². The molecule has 0 aromatic carbocycles. The molecule has 21 heavy (non-hydrogen) atoms. The van der Waals surface area contributed by atoms with E-state index in [1.54, 1.807) is 12.3 Å². The molecule has 1 aromatic heterocycles. The lowest BCUT2D eigenvalue weighted by atomic mass is 9.89. The summed E-state index contributed by atoms with van der Waals surface area (Å²) in [7, 11) is 5.11. The van der Waals surface area contributed by atoms with E-state index in [4.69, 9.17) is 9.84 Å². The number of carbonyl (C=O) groups excluding carboxylic acids is 1. The van der Waals surface area contributed by atoms with Gasteiger partial charge in [-0.25, -0.2) is 4.98 Å². The summed E-state index contributed by atoms with van der Waals surface area (Å²) >= 11 is 0. The second kappa shape index (κ2) is 6.43. The lowest BCUT2D eigenvalue weighted by Crippen LogP contribution is -2.30. The van der Waals surface area contributed by atoms with Crippen molar-refractivity contribution in [2.75, 3.05) is 31.4 Å². The number of aromatic nitrogens is 1. The zero-order chi connectivity index (χ0) is 16.2. The summed E-state index contributed by atoms with van der Waals surface area (Å²) in [6.07, 6.45) is 1.43. The number of amides is 1. The Labute approximate surface area is 123 Å². The number of rotatable bonds is 6. The summed E-state index contributed by atoms with van der Waals surface area (Å²) in [5, 5.41) is 11.8. The highest BCUT2D eigenvalue weighted by Gasteiger charge is 2.30. The van der Waals surface area contributed by atoms with Crippen LogP contribution in [0.25, 0.3) is 0 Å². The van der Waals surface area contributed by atoms with Gasteiger partial charge < -0.3 is 20.1 Å². The highest BCUT2D eigenvalue weighted by Crippen LogP contribution is 2.32. The van der Waals surface area contributed by atoms with Crippen LogP contribution in [0.1, 0.15) is 20.3 Å². The van der Waals surface area contributed by atoms with Gasteiger partial charge in [-0.3, -0.25) is 9.59 Å². The second-order valence-corrected chi connectivity index (χ2v) is 5.52. The first-order valence-corrected chi connectivity index (χ1v) is 6.42. The van der Waals surface area contributed by atoms with Crippen LogP contribution in [0.15, 0.2) is 12.3 Å². The van der Waals surface area contributed by atoms with Gasteiger partial charge in [-0.2, -0.15) is 0 Å². The maximum absolute atomic E-state index is 12.1. The van der Waals surface area contributed by atoms with Gasteiger partial charge in [0.1, 0.15) is 5.69 Å². The molecule has 1 aromatic rings. The Bertz CT molecular complexity index is 541. The molecule has 7 nitrogen and oxygen atoms in total. The third-order valence-corrected chi connectivity index (χ3v) is 3.02. The van der Waals surface area contributed by atoms with Gasteiger partial charge in [-0.15, -0.1) is 0 Å². The van der Waals surface area contributed by atoms with Crippen LogP contribution in [0, 0.1) is 5.41 Å². The fraction of sp³-hybridized carbons (Fsp3) is 0.500. The summed E-state index contributed by atoms with van der Waals surface area (Å²) in [4.78, 5) is 29.0. The number of carbonyl (C=O) groups is 2. The molecule has 1 rings (SSSR count).